The normalized spacial score (nSPS) is 9.78. The van der Waals surface area contributed by atoms with E-state index in [1.165, 1.54) is 12.1 Å². The third kappa shape index (κ3) is 10.4. The van der Waals surface area contributed by atoms with Crippen LogP contribution in [0.4, 0.5) is 15.8 Å². The number of nitrogens with two attached hydrogens (primary N) is 1. The van der Waals surface area contributed by atoms with Gasteiger partial charge in [0.05, 0.1) is 11.4 Å². The van der Waals surface area contributed by atoms with Crippen LogP contribution in [0.3, 0.4) is 0 Å². The van der Waals surface area contributed by atoms with Crippen LogP contribution in [0.1, 0.15) is 46.0 Å². The van der Waals surface area contributed by atoms with E-state index in [0.717, 1.165) is 31.4 Å². The summed E-state index contributed by atoms with van der Waals surface area (Å²) in [6, 6.07) is 4.58. The summed E-state index contributed by atoms with van der Waals surface area (Å²) in [5.74, 6) is -0.442. The number of hydrogen-bond donors (Lipinski definition) is 3. The lowest BCUT2D eigenvalue weighted by molar-refractivity contribution is -0.116. The maximum atomic E-state index is 13.3. The Labute approximate surface area is 150 Å². The number of hydrogen-bond acceptors (Lipinski definition) is 3. The van der Waals surface area contributed by atoms with Gasteiger partial charge in [-0.25, -0.2) is 4.39 Å². The van der Waals surface area contributed by atoms with Gasteiger partial charge in [-0.05, 0) is 51.4 Å². The summed E-state index contributed by atoms with van der Waals surface area (Å²) in [5.41, 5.74) is 6.66. The monoisotopic (exact) mass is 367 g/mol. The van der Waals surface area contributed by atoms with Crippen LogP contribution in [0.25, 0.3) is 0 Å². The lowest BCUT2D eigenvalue weighted by Gasteiger charge is -2.15. The number of benzene rings is 1. The second-order valence-corrected chi connectivity index (χ2v) is 5.49. The van der Waals surface area contributed by atoms with Gasteiger partial charge in [-0.2, -0.15) is 0 Å². The summed E-state index contributed by atoms with van der Waals surface area (Å²) >= 11 is 0. The van der Waals surface area contributed by atoms with Crippen molar-refractivity contribution in [3.63, 3.8) is 0 Å². The van der Waals surface area contributed by atoms with Crippen molar-refractivity contribution < 1.29 is 9.18 Å². The third-order valence-corrected chi connectivity index (χ3v) is 3.06. The van der Waals surface area contributed by atoms with E-state index in [1.807, 2.05) is 13.8 Å². The molecule has 0 saturated heterocycles. The first-order valence-electron chi connectivity index (χ1n) is 7.59. The molecule has 4 nitrogen and oxygen atoms in total. The molecule has 0 radical (unpaired) electrons. The Morgan fingerprint density at radius 2 is 1.78 bits per heavy atom. The van der Waals surface area contributed by atoms with E-state index >= 15 is 0 Å². The van der Waals surface area contributed by atoms with E-state index in [0.29, 0.717) is 18.7 Å². The molecule has 0 aliphatic rings. The van der Waals surface area contributed by atoms with Gasteiger partial charge in [0.25, 0.3) is 0 Å². The fraction of sp³-hybridized carbons (Fsp3) is 0.562. The van der Waals surface area contributed by atoms with Gasteiger partial charge in [0, 0.05) is 12.5 Å². The smallest absolute Gasteiger partial charge is 0.224 e. The zero-order valence-electron chi connectivity index (χ0n) is 13.7. The molecule has 23 heavy (non-hydrogen) atoms. The second kappa shape index (κ2) is 13.4. The van der Waals surface area contributed by atoms with Crippen LogP contribution in [0.15, 0.2) is 18.2 Å². The van der Waals surface area contributed by atoms with Gasteiger partial charge in [0.15, 0.2) is 0 Å². The largest absolute Gasteiger partial charge is 0.381 e. The highest BCUT2D eigenvalue weighted by Gasteiger charge is 2.09. The molecular formula is C16H28Cl2FN3O. The highest BCUT2D eigenvalue weighted by molar-refractivity contribution is 5.94. The van der Waals surface area contributed by atoms with E-state index in [2.05, 4.69) is 10.6 Å². The van der Waals surface area contributed by atoms with Crippen molar-refractivity contribution in [2.45, 2.75) is 52.0 Å². The van der Waals surface area contributed by atoms with Gasteiger partial charge in [0.2, 0.25) is 5.91 Å². The summed E-state index contributed by atoms with van der Waals surface area (Å²) in [4.78, 5) is 11.9. The molecule has 1 aromatic rings. The number of unbranched alkanes of at least 4 members (excludes halogenated alkanes) is 3. The number of amides is 1. The van der Waals surface area contributed by atoms with Crippen molar-refractivity contribution in [2.24, 2.45) is 5.73 Å². The van der Waals surface area contributed by atoms with Crippen LogP contribution in [-0.4, -0.2) is 18.5 Å². The SMILES string of the molecule is CC(C)Nc1ccc(F)cc1NC(=O)CCCCCCN.Cl.Cl. The van der Waals surface area contributed by atoms with Crippen LogP contribution in [0, 0.1) is 5.82 Å². The van der Waals surface area contributed by atoms with Crippen LogP contribution in [0.5, 0.6) is 0 Å². The van der Waals surface area contributed by atoms with Crippen molar-refractivity contribution >= 4 is 42.1 Å². The van der Waals surface area contributed by atoms with E-state index in [-0.39, 0.29) is 42.6 Å². The molecule has 0 spiro atoms. The van der Waals surface area contributed by atoms with Crippen LogP contribution in [-0.2, 0) is 4.79 Å². The number of rotatable bonds is 9. The van der Waals surface area contributed by atoms with E-state index in [4.69, 9.17) is 5.73 Å². The Kier molecular flexibility index (Phi) is 14.1. The molecule has 0 heterocycles. The van der Waals surface area contributed by atoms with E-state index < -0.39 is 0 Å². The Morgan fingerprint density at radius 1 is 1.13 bits per heavy atom. The Bertz CT molecular complexity index is 459. The van der Waals surface area contributed by atoms with Crippen LogP contribution < -0.4 is 16.4 Å². The summed E-state index contributed by atoms with van der Waals surface area (Å²) < 4.78 is 13.3. The molecular weight excluding hydrogens is 340 g/mol. The van der Waals surface area contributed by atoms with Crippen LogP contribution >= 0.6 is 24.8 Å². The molecule has 0 saturated carbocycles. The Hall–Kier alpha value is -1.04. The van der Waals surface area contributed by atoms with Gasteiger partial charge in [-0.3, -0.25) is 4.79 Å². The standard InChI is InChI=1S/C16H26FN3O.2ClH/c1-12(2)19-14-9-8-13(17)11-15(14)20-16(21)7-5-3-4-6-10-18;;/h8-9,11-12,19H,3-7,10,18H2,1-2H3,(H,20,21);2*1H. The lowest BCUT2D eigenvalue weighted by atomic mass is 10.1. The molecule has 0 aliphatic heterocycles. The Morgan fingerprint density at radius 3 is 2.39 bits per heavy atom. The van der Waals surface area contributed by atoms with Gasteiger partial charge in [0.1, 0.15) is 5.82 Å². The average molecular weight is 368 g/mol. The Balaban J connectivity index is 0. The molecule has 7 heteroatoms. The van der Waals surface area contributed by atoms with Crippen LogP contribution in [0.2, 0.25) is 0 Å². The van der Waals surface area contributed by atoms with Gasteiger partial charge < -0.3 is 16.4 Å². The third-order valence-electron chi connectivity index (χ3n) is 3.06. The van der Waals surface area contributed by atoms with E-state index in [1.54, 1.807) is 6.07 Å². The molecule has 1 rings (SSSR count). The zero-order chi connectivity index (χ0) is 15.7. The minimum absolute atomic E-state index is 0. The van der Waals surface area contributed by atoms with Gasteiger partial charge >= 0.3 is 0 Å². The summed E-state index contributed by atoms with van der Waals surface area (Å²) in [5, 5.41) is 5.98. The van der Waals surface area contributed by atoms with Gasteiger partial charge in [-0.1, -0.05) is 12.8 Å². The highest BCUT2D eigenvalue weighted by atomic mass is 35.5. The maximum Gasteiger partial charge on any atom is 0.224 e. The molecule has 0 atom stereocenters. The topological polar surface area (TPSA) is 67.1 Å². The van der Waals surface area contributed by atoms with Crippen molar-refractivity contribution in [1.29, 1.82) is 0 Å². The summed E-state index contributed by atoms with van der Waals surface area (Å²) in [7, 11) is 0. The molecule has 4 N–H and O–H groups in total. The molecule has 0 fully saturated rings. The molecule has 0 bridgehead atoms. The zero-order valence-corrected chi connectivity index (χ0v) is 15.4. The molecule has 0 aliphatic carbocycles. The first-order valence-corrected chi connectivity index (χ1v) is 7.59. The first-order chi connectivity index (χ1) is 10.0. The minimum Gasteiger partial charge on any atom is -0.381 e. The summed E-state index contributed by atoms with van der Waals surface area (Å²) in [6.45, 7) is 4.68. The fourth-order valence-electron chi connectivity index (χ4n) is 2.05. The lowest BCUT2D eigenvalue weighted by Crippen LogP contribution is -2.16. The summed E-state index contributed by atoms with van der Waals surface area (Å²) in [6.07, 6.45) is 4.30. The second-order valence-electron chi connectivity index (χ2n) is 5.49. The molecule has 0 aromatic heterocycles. The van der Waals surface area contributed by atoms with E-state index in [9.17, 15) is 9.18 Å². The number of nitrogens with one attached hydrogen (secondary N) is 2. The molecule has 1 aromatic carbocycles. The number of anilines is 2. The van der Waals surface area contributed by atoms with Crippen molar-refractivity contribution in [2.75, 3.05) is 17.2 Å². The van der Waals surface area contributed by atoms with Crippen molar-refractivity contribution in [3.05, 3.63) is 24.0 Å². The number of carbonyl (C=O) groups excluding carboxylic acids is 1. The van der Waals surface area contributed by atoms with Gasteiger partial charge in [-0.15, -0.1) is 24.8 Å². The highest BCUT2D eigenvalue weighted by Crippen LogP contribution is 2.24. The predicted octanol–water partition coefficient (Wildman–Crippen LogP) is 4.34. The molecule has 1 amide bonds. The van der Waals surface area contributed by atoms with Crippen molar-refractivity contribution in [3.8, 4) is 0 Å². The maximum absolute atomic E-state index is 13.3. The quantitative estimate of drug-likeness (QED) is 0.568. The average Bonchev–Trinajstić information content (AvgIpc) is 2.41. The predicted molar refractivity (Wildman–Crippen MR) is 100 cm³/mol. The number of halogens is 3. The number of carbonyl (C=O) groups is 1. The fourth-order valence-corrected chi connectivity index (χ4v) is 2.05. The minimum atomic E-state index is -0.359. The molecule has 134 valence electrons. The van der Waals surface area contributed by atoms with Crippen molar-refractivity contribution in [1.82, 2.24) is 0 Å². The first kappa shape index (κ1) is 24.2. The molecule has 0 unspecified atom stereocenters.